The van der Waals surface area contributed by atoms with Gasteiger partial charge in [0.05, 0.1) is 6.04 Å². The first kappa shape index (κ1) is 15.5. The zero-order valence-corrected chi connectivity index (χ0v) is 12.9. The fourth-order valence-corrected chi connectivity index (χ4v) is 2.87. The van der Waals surface area contributed by atoms with E-state index in [1.54, 1.807) is 4.90 Å². The third-order valence-electron chi connectivity index (χ3n) is 4.04. The SMILES string of the molecule is CC(Nc1cccc(N2CCCC2=O)c1)c1ccc(F)cc1F. The Kier molecular flexibility index (Phi) is 4.28. The third kappa shape index (κ3) is 3.33. The monoisotopic (exact) mass is 316 g/mol. The van der Waals surface area contributed by atoms with E-state index in [9.17, 15) is 13.6 Å². The van der Waals surface area contributed by atoms with Crippen LogP contribution in [0.5, 0.6) is 0 Å². The van der Waals surface area contributed by atoms with E-state index in [0.29, 0.717) is 12.0 Å². The maximum Gasteiger partial charge on any atom is 0.227 e. The molecule has 0 radical (unpaired) electrons. The summed E-state index contributed by atoms with van der Waals surface area (Å²) < 4.78 is 26.8. The molecule has 23 heavy (non-hydrogen) atoms. The average molecular weight is 316 g/mol. The van der Waals surface area contributed by atoms with Crippen molar-refractivity contribution in [3.05, 3.63) is 59.7 Å². The summed E-state index contributed by atoms with van der Waals surface area (Å²) in [6.45, 7) is 2.54. The van der Waals surface area contributed by atoms with Gasteiger partial charge in [0.1, 0.15) is 11.6 Å². The number of rotatable bonds is 4. The molecule has 2 aromatic rings. The number of halogens is 2. The van der Waals surface area contributed by atoms with Crippen LogP contribution < -0.4 is 10.2 Å². The van der Waals surface area contributed by atoms with Crippen LogP contribution in [0.2, 0.25) is 0 Å². The first-order valence-electron chi connectivity index (χ1n) is 7.66. The smallest absolute Gasteiger partial charge is 0.227 e. The molecule has 1 heterocycles. The van der Waals surface area contributed by atoms with E-state index < -0.39 is 11.6 Å². The summed E-state index contributed by atoms with van der Waals surface area (Å²) in [5, 5.41) is 3.20. The lowest BCUT2D eigenvalue weighted by atomic mass is 10.1. The number of anilines is 2. The normalized spacial score (nSPS) is 15.8. The Morgan fingerprint density at radius 2 is 2.00 bits per heavy atom. The van der Waals surface area contributed by atoms with Gasteiger partial charge in [-0.15, -0.1) is 0 Å². The highest BCUT2D eigenvalue weighted by molar-refractivity contribution is 5.95. The number of benzene rings is 2. The summed E-state index contributed by atoms with van der Waals surface area (Å²) in [6.07, 6.45) is 1.45. The summed E-state index contributed by atoms with van der Waals surface area (Å²) >= 11 is 0. The number of hydrogen-bond donors (Lipinski definition) is 1. The lowest BCUT2D eigenvalue weighted by Crippen LogP contribution is -2.23. The van der Waals surface area contributed by atoms with E-state index in [-0.39, 0.29) is 11.9 Å². The van der Waals surface area contributed by atoms with Crippen molar-refractivity contribution in [2.45, 2.75) is 25.8 Å². The number of amides is 1. The summed E-state index contributed by atoms with van der Waals surface area (Å²) in [5.41, 5.74) is 2.02. The molecule has 0 bridgehead atoms. The Balaban J connectivity index is 1.78. The van der Waals surface area contributed by atoms with Gasteiger partial charge >= 0.3 is 0 Å². The van der Waals surface area contributed by atoms with E-state index >= 15 is 0 Å². The van der Waals surface area contributed by atoms with Gasteiger partial charge in [0.15, 0.2) is 0 Å². The second-order valence-corrected chi connectivity index (χ2v) is 5.73. The topological polar surface area (TPSA) is 32.3 Å². The zero-order chi connectivity index (χ0) is 16.4. The van der Waals surface area contributed by atoms with Crippen LogP contribution in [-0.2, 0) is 4.79 Å². The van der Waals surface area contributed by atoms with Crippen LogP contribution >= 0.6 is 0 Å². The lowest BCUT2D eigenvalue weighted by Gasteiger charge is -2.20. The maximum absolute atomic E-state index is 13.8. The van der Waals surface area contributed by atoms with Crippen molar-refractivity contribution in [2.75, 3.05) is 16.8 Å². The van der Waals surface area contributed by atoms with Gasteiger partial charge in [0, 0.05) is 36.0 Å². The van der Waals surface area contributed by atoms with Crippen molar-refractivity contribution in [3.8, 4) is 0 Å². The highest BCUT2D eigenvalue weighted by Crippen LogP contribution is 2.27. The van der Waals surface area contributed by atoms with Crippen LogP contribution in [0.4, 0.5) is 20.2 Å². The molecule has 1 saturated heterocycles. The van der Waals surface area contributed by atoms with Crippen molar-refractivity contribution < 1.29 is 13.6 Å². The van der Waals surface area contributed by atoms with E-state index in [1.807, 2.05) is 31.2 Å². The Labute approximate surface area is 133 Å². The first-order valence-corrected chi connectivity index (χ1v) is 7.66. The predicted octanol–water partition coefficient (Wildman–Crippen LogP) is 4.26. The maximum atomic E-state index is 13.8. The number of nitrogens with one attached hydrogen (secondary N) is 1. The van der Waals surface area contributed by atoms with Gasteiger partial charge in [-0.25, -0.2) is 8.78 Å². The van der Waals surface area contributed by atoms with Crippen LogP contribution in [0.25, 0.3) is 0 Å². The third-order valence-corrected chi connectivity index (χ3v) is 4.04. The molecule has 2 aromatic carbocycles. The zero-order valence-electron chi connectivity index (χ0n) is 12.9. The van der Waals surface area contributed by atoms with Gasteiger partial charge in [0.25, 0.3) is 0 Å². The van der Waals surface area contributed by atoms with Crippen LogP contribution in [0, 0.1) is 11.6 Å². The van der Waals surface area contributed by atoms with Gasteiger partial charge in [-0.1, -0.05) is 12.1 Å². The van der Waals surface area contributed by atoms with Crippen molar-refractivity contribution in [1.29, 1.82) is 0 Å². The molecule has 3 nitrogen and oxygen atoms in total. The number of carbonyl (C=O) groups is 1. The Morgan fingerprint density at radius 1 is 1.17 bits per heavy atom. The molecular formula is C18H18F2N2O. The molecule has 1 amide bonds. The van der Waals surface area contributed by atoms with Gasteiger partial charge in [-0.3, -0.25) is 4.79 Å². The van der Waals surface area contributed by atoms with E-state index in [1.165, 1.54) is 12.1 Å². The second kappa shape index (κ2) is 6.36. The fourth-order valence-electron chi connectivity index (χ4n) is 2.87. The van der Waals surface area contributed by atoms with Gasteiger partial charge in [0.2, 0.25) is 5.91 Å². The molecule has 1 fully saturated rings. The summed E-state index contributed by atoms with van der Waals surface area (Å²) in [6, 6.07) is 10.7. The minimum absolute atomic E-state index is 0.125. The highest BCUT2D eigenvalue weighted by Gasteiger charge is 2.22. The standard InChI is InChI=1S/C18H18F2N2O/c1-12(16-8-7-13(19)10-17(16)20)21-14-4-2-5-15(11-14)22-9-3-6-18(22)23/h2,4-5,7-8,10-12,21H,3,6,9H2,1H3. The van der Waals surface area contributed by atoms with Gasteiger partial charge < -0.3 is 10.2 Å². The predicted molar refractivity (Wildman–Crippen MR) is 86.4 cm³/mol. The Morgan fingerprint density at radius 3 is 2.70 bits per heavy atom. The highest BCUT2D eigenvalue weighted by atomic mass is 19.1. The van der Waals surface area contributed by atoms with Crippen LogP contribution in [0.1, 0.15) is 31.4 Å². The summed E-state index contributed by atoms with van der Waals surface area (Å²) in [7, 11) is 0. The summed E-state index contributed by atoms with van der Waals surface area (Å²) in [5.74, 6) is -1.04. The number of nitrogens with zero attached hydrogens (tertiary/aromatic N) is 1. The average Bonchev–Trinajstić information content (AvgIpc) is 2.93. The second-order valence-electron chi connectivity index (χ2n) is 5.73. The van der Waals surface area contributed by atoms with E-state index in [0.717, 1.165) is 30.4 Å². The lowest BCUT2D eigenvalue weighted by molar-refractivity contribution is -0.117. The van der Waals surface area contributed by atoms with E-state index in [2.05, 4.69) is 5.32 Å². The molecule has 3 rings (SSSR count). The van der Waals surface area contributed by atoms with Crippen molar-refractivity contribution in [1.82, 2.24) is 0 Å². The molecule has 0 aromatic heterocycles. The molecule has 0 aliphatic carbocycles. The molecule has 120 valence electrons. The van der Waals surface area contributed by atoms with Crippen molar-refractivity contribution in [3.63, 3.8) is 0 Å². The van der Waals surface area contributed by atoms with Crippen LogP contribution in [0.3, 0.4) is 0 Å². The largest absolute Gasteiger partial charge is 0.378 e. The quantitative estimate of drug-likeness (QED) is 0.914. The Hall–Kier alpha value is -2.43. The fraction of sp³-hybridized carbons (Fsp3) is 0.278. The molecule has 1 atom stereocenters. The summed E-state index contributed by atoms with van der Waals surface area (Å²) in [4.78, 5) is 13.6. The van der Waals surface area contributed by atoms with Crippen molar-refractivity contribution in [2.24, 2.45) is 0 Å². The molecule has 1 aliphatic heterocycles. The van der Waals surface area contributed by atoms with E-state index in [4.69, 9.17) is 0 Å². The molecule has 0 saturated carbocycles. The van der Waals surface area contributed by atoms with Crippen LogP contribution in [0.15, 0.2) is 42.5 Å². The molecule has 5 heteroatoms. The van der Waals surface area contributed by atoms with Gasteiger partial charge in [-0.05, 0) is 37.6 Å². The molecule has 0 spiro atoms. The molecule has 1 N–H and O–H groups in total. The first-order chi connectivity index (χ1) is 11.0. The van der Waals surface area contributed by atoms with Gasteiger partial charge in [-0.2, -0.15) is 0 Å². The molecular weight excluding hydrogens is 298 g/mol. The minimum atomic E-state index is -0.590. The number of hydrogen-bond acceptors (Lipinski definition) is 2. The number of carbonyl (C=O) groups excluding carboxylic acids is 1. The minimum Gasteiger partial charge on any atom is -0.378 e. The molecule has 1 unspecified atom stereocenters. The Bertz CT molecular complexity index is 733. The van der Waals surface area contributed by atoms with Crippen molar-refractivity contribution >= 4 is 17.3 Å². The van der Waals surface area contributed by atoms with Crippen LogP contribution in [-0.4, -0.2) is 12.5 Å². The molecule has 1 aliphatic rings.